The molecule has 1 saturated carbocycles. The summed E-state index contributed by atoms with van der Waals surface area (Å²) in [6.45, 7) is 0.183. The fourth-order valence-electron chi connectivity index (χ4n) is 1.61. The van der Waals surface area contributed by atoms with Crippen LogP contribution in [0, 0.1) is 0 Å². The van der Waals surface area contributed by atoms with Gasteiger partial charge in [-0.25, -0.2) is 4.79 Å². The second-order valence-corrected chi connectivity index (χ2v) is 5.96. The number of halogens is 1. The quantitative estimate of drug-likeness (QED) is 0.868. The van der Waals surface area contributed by atoms with E-state index in [0.29, 0.717) is 6.54 Å². The number of nitrogens with one attached hydrogen (secondary N) is 1. The number of carboxylic acids is 1. The molecule has 2 rings (SSSR count). The largest absolute Gasteiger partial charge is 0.480 e. The number of carboxylic acid groups (broad SMARTS) is 1. The fourth-order valence-corrected chi connectivity index (χ4v) is 3.04. The van der Waals surface area contributed by atoms with Gasteiger partial charge in [-0.15, -0.1) is 11.3 Å². The van der Waals surface area contributed by atoms with Gasteiger partial charge in [0.05, 0.1) is 6.54 Å². The van der Waals surface area contributed by atoms with Crippen LogP contribution in [0.25, 0.3) is 0 Å². The lowest BCUT2D eigenvalue weighted by atomic mass is 10.4. The predicted octanol–water partition coefficient (Wildman–Crippen LogP) is 2.27. The predicted molar refractivity (Wildman–Crippen MR) is 71.6 cm³/mol. The van der Waals surface area contributed by atoms with Crippen molar-refractivity contribution in [2.24, 2.45) is 0 Å². The Bertz CT molecular complexity index is 459. The lowest BCUT2D eigenvalue weighted by Crippen LogP contribution is -2.43. The van der Waals surface area contributed by atoms with E-state index < -0.39 is 5.97 Å². The van der Waals surface area contributed by atoms with E-state index in [-0.39, 0.29) is 18.6 Å². The van der Waals surface area contributed by atoms with Crippen LogP contribution < -0.4 is 5.32 Å². The molecule has 2 amide bonds. The third-order valence-corrected chi connectivity index (χ3v) is 4.57. The van der Waals surface area contributed by atoms with Crippen molar-refractivity contribution in [3.63, 3.8) is 0 Å². The Balaban J connectivity index is 1.89. The summed E-state index contributed by atoms with van der Waals surface area (Å²) in [5.74, 6) is -0.977. The third kappa shape index (κ3) is 3.46. The van der Waals surface area contributed by atoms with Crippen molar-refractivity contribution in [1.29, 1.82) is 0 Å². The molecule has 0 radical (unpaired) electrons. The van der Waals surface area contributed by atoms with E-state index in [9.17, 15) is 9.59 Å². The Morgan fingerprint density at radius 3 is 2.78 bits per heavy atom. The van der Waals surface area contributed by atoms with Crippen molar-refractivity contribution in [2.75, 3.05) is 6.54 Å². The fraction of sp³-hybridized carbons (Fsp3) is 0.455. The van der Waals surface area contributed by atoms with Gasteiger partial charge in [0.25, 0.3) is 0 Å². The van der Waals surface area contributed by atoms with Gasteiger partial charge in [-0.2, -0.15) is 0 Å². The van der Waals surface area contributed by atoms with Crippen molar-refractivity contribution < 1.29 is 14.7 Å². The third-order valence-electron chi connectivity index (χ3n) is 2.65. The number of hydrogen-bond acceptors (Lipinski definition) is 3. The first-order valence-electron chi connectivity index (χ1n) is 5.56. The van der Waals surface area contributed by atoms with Crippen molar-refractivity contribution >= 4 is 39.3 Å². The molecule has 0 spiro atoms. The van der Waals surface area contributed by atoms with Crippen LogP contribution in [0.3, 0.4) is 0 Å². The van der Waals surface area contributed by atoms with Crippen LogP contribution in [0.4, 0.5) is 4.79 Å². The highest BCUT2D eigenvalue weighted by atomic mass is 79.9. The van der Waals surface area contributed by atoms with E-state index in [4.69, 9.17) is 5.11 Å². The van der Waals surface area contributed by atoms with E-state index in [2.05, 4.69) is 21.2 Å². The standard InChI is InChI=1S/C11H13BrN2O3S/c12-8-3-4-18-9(8)5-13-11(17)14(6-10(15)16)7-1-2-7/h3-4,7H,1-2,5-6H2,(H,13,17)(H,15,16). The lowest BCUT2D eigenvalue weighted by Gasteiger charge is -2.20. The second-order valence-electron chi connectivity index (χ2n) is 4.10. The number of urea groups is 1. The van der Waals surface area contributed by atoms with E-state index in [1.165, 1.54) is 4.90 Å². The van der Waals surface area contributed by atoms with E-state index >= 15 is 0 Å². The molecule has 7 heteroatoms. The molecule has 18 heavy (non-hydrogen) atoms. The molecular formula is C11H13BrN2O3S. The maximum absolute atomic E-state index is 11.9. The zero-order valence-corrected chi connectivity index (χ0v) is 12.0. The van der Waals surface area contributed by atoms with Crippen LogP contribution in [0.15, 0.2) is 15.9 Å². The molecule has 2 N–H and O–H groups in total. The summed E-state index contributed by atoms with van der Waals surface area (Å²) in [6.07, 6.45) is 1.78. The molecule has 0 atom stereocenters. The number of amides is 2. The molecule has 0 aromatic carbocycles. The SMILES string of the molecule is O=C(O)CN(C(=O)NCc1sccc1Br)C1CC1. The normalized spacial score (nSPS) is 14.3. The molecule has 1 aromatic heterocycles. The topological polar surface area (TPSA) is 69.6 Å². The van der Waals surface area contributed by atoms with Crippen molar-refractivity contribution in [2.45, 2.75) is 25.4 Å². The van der Waals surface area contributed by atoms with Gasteiger partial charge >= 0.3 is 12.0 Å². The minimum absolute atomic E-state index is 0.0906. The average molecular weight is 333 g/mol. The smallest absolute Gasteiger partial charge is 0.323 e. The zero-order valence-electron chi connectivity index (χ0n) is 9.56. The summed E-state index contributed by atoms with van der Waals surface area (Å²) in [5.41, 5.74) is 0. The number of thiophene rings is 1. The molecule has 0 unspecified atom stereocenters. The Hall–Kier alpha value is -1.08. The van der Waals surface area contributed by atoms with E-state index in [1.807, 2.05) is 11.4 Å². The Morgan fingerprint density at radius 2 is 2.28 bits per heavy atom. The van der Waals surface area contributed by atoms with Gasteiger partial charge in [0.15, 0.2) is 0 Å². The summed E-state index contributed by atoms with van der Waals surface area (Å²) >= 11 is 4.93. The molecule has 1 aromatic rings. The number of hydrogen-bond donors (Lipinski definition) is 2. The first-order valence-corrected chi connectivity index (χ1v) is 7.23. The minimum atomic E-state index is -0.977. The zero-order chi connectivity index (χ0) is 13.1. The number of aliphatic carboxylic acids is 1. The maximum Gasteiger partial charge on any atom is 0.323 e. The maximum atomic E-state index is 11.9. The average Bonchev–Trinajstić information content (AvgIpc) is 3.07. The van der Waals surface area contributed by atoms with Crippen LogP contribution >= 0.6 is 27.3 Å². The van der Waals surface area contributed by atoms with Gasteiger partial charge in [0, 0.05) is 15.4 Å². The molecule has 1 heterocycles. The molecule has 98 valence electrons. The van der Waals surface area contributed by atoms with Crippen LogP contribution in [0.1, 0.15) is 17.7 Å². The molecule has 0 saturated heterocycles. The summed E-state index contributed by atoms with van der Waals surface area (Å²) in [4.78, 5) is 25.0. The highest BCUT2D eigenvalue weighted by Crippen LogP contribution is 2.27. The summed E-state index contributed by atoms with van der Waals surface area (Å²) < 4.78 is 0.962. The number of nitrogens with zero attached hydrogens (tertiary/aromatic N) is 1. The number of carbonyl (C=O) groups excluding carboxylic acids is 1. The van der Waals surface area contributed by atoms with Gasteiger partial charge in [0.2, 0.25) is 0 Å². The summed E-state index contributed by atoms with van der Waals surface area (Å²) in [7, 11) is 0. The molecule has 1 aliphatic rings. The first-order chi connectivity index (χ1) is 8.58. The molecule has 1 aliphatic carbocycles. The molecular weight excluding hydrogens is 320 g/mol. The first kappa shape index (κ1) is 13.4. The highest BCUT2D eigenvalue weighted by Gasteiger charge is 2.33. The van der Waals surface area contributed by atoms with Crippen molar-refractivity contribution in [1.82, 2.24) is 10.2 Å². The van der Waals surface area contributed by atoms with Gasteiger partial charge in [-0.1, -0.05) is 0 Å². The van der Waals surface area contributed by atoms with Crippen LogP contribution in [0.5, 0.6) is 0 Å². The van der Waals surface area contributed by atoms with Crippen molar-refractivity contribution in [3.8, 4) is 0 Å². The van der Waals surface area contributed by atoms with Gasteiger partial charge < -0.3 is 15.3 Å². The Labute approximate surface area is 117 Å². The molecule has 1 fully saturated rings. The summed E-state index contributed by atoms with van der Waals surface area (Å²) in [6, 6.07) is 1.70. The Morgan fingerprint density at radius 1 is 1.56 bits per heavy atom. The molecule has 5 nitrogen and oxygen atoms in total. The number of rotatable bonds is 5. The monoisotopic (exact) mass is 332 g/mol. The summed E-state index contributed by atoms with van der Waals surface area (Å²) in [5, 5.41) is 13.5. The minimum Gasteiger partial charge on any atom is -0.480 e. The van der Waals surface area contributed by atoms with Crippen LogP contribution in [-0.2, 0) is 11.3 Å². The Kier molecular flexibility index (Phi) is 4.23. The lowest BCUT2D eigenvalue weighted by molar-refractivity contribution is -0.137. The molecule has 0 aliphatic heterocycles. The number of carbonyl (C=O) groups is 2. The van der Waals surface area contributed by atoms with Gasteiger partial charge in [-0.3, -0.25) is 4.79 Å². The van der Waals surface area contributed by atoms with E-state index in [1.54, 1.807) is 11.3 Å². The molecule has 0 bridgehead atoms. The van der Waals surface area contributed by atoms with Crippen LogP contribution in [-0.4, -0.2) is 34.6 Å². The van der Waals surface area contributed by atoms with Gasteiger partial charge in [-0.05, 0) is 40.2 Å². The van der Waals surface area contributed by atoms with Gasteiger partial charge in [0.1, 0.15) is 6.54 Å². The second kappa shape index (κ2) is 5.71. The van der Waals surface area contributed by atoms with E-state index in [0.717, 1.165) is 22.2 Å². The van der Waals surface area contributed by atoms with Crippen LogP contribution in [0.2, 0.25) is 0 Å². The van der Waals surface area contributed by atoms with Crippen molar-refractivity contribution in [3.05, 3.63) is 20.8 Å². The highest BCUT2D eigenvalue weighted by molar-refractivity contribution is 9.10.